The maximum atomic E-state index is 11.8. The van der Waals surface area contributed by atoms with Crippen LogP contribution in [0.5, 0.6) is 0 Å². The van der Waals surface area contributed by atoms with E-state index in [0.29, 0.717) is 0 Å². The monoisotopic (exact) mass is 337 g/mol. The molecule has 1 aliphatic heterocycles. The number of anilines is 1. The van der Waals surface area contributed by atoms with Crippen LogP contribution in [0.4, 0.5) is 5.82 Å². The van der Waals surface area contributed by atoms with Crippen LogP contribution < -0.4 is 11.4 Å². The minimum Gasteiger partial charge on any atom is -0.387 e. The molecule has 2 rings (SSSR count). The van der Waals surface area contributed by atoms with Gasteiger partial charge < -0.3 is 30.1 Å². The fraction of sp³-hybridized carbons (Fsp3) is 0.600. The molecule has 0 bridgehead atoms. The molecule has 0 radical (unpaired) electrons. The van der Waals surface area contributed by atoms with Crippen molar-refractivity contribution in [2.45, 2.75) is 24.5 Å². The van der Waals surface area contributed by atoms with Crippen molar-refractivity contribution in [1.29, 1.82) is 0 Å². The highest BCUT2D eigenvalue weighted by Crippen LogP contribution is 2.38. The average molecular weight is 337 g/mol. The first-order valence-electron chi connectivity index (χ1n) is 6.14. The van der Waals surface area contributed by atoms with Gasteiger partial charge in [-0.1, -0.05) is 0 Å². The molecule has 22 heavy (non-hydrogen) atoms. The Hall–Kier alpha value is -1.33. The van der Waals surface area contributed by atoms with Gasteiger partial charge in [-0.05, 0) is 6.07 Å². The summed E-state index contributed by atoms with van der Waals surface area (Å²) in [6.07, 6.45) is -3.02. The maximum absolute atomic E-state index is 11.8. The topological polar surface area (TPSA) is 166 Å². The Morgan fingerprint density at radius 3 is 2.77 bits per heavy atom. The fourth-order valence-corrected chi connectivity index (χ4v) is 2.47. The second-order valence-corrected chi connectivity index (χ2v) is 5.82. The van der Waals surface area contributed by atoms with Crippen LogP contribution >= 0.6 is 7.82 Å². The number of rotatable bonds is 5. The fourth-order valence-electron chi connectivity index (χ4n) is 2.12. The van der Waals surface area contributed by atoms with Gasteiger partial charge in [0.1, 0.15) is 24.1 Å². The molecule has 5 N–H and O–H groups in total. The predicted octanol–water partition coefficient (Wildman–Crippen LogP) is -1.79. The highest BCUT2D eigenvalue weighted by molar-refractivity contribution is 7.46. The molecular weight excluding hydrogens is 321 g/mol. The van der Waals surface area contributed by atoms with Gasteiger partial charge in [0, 0.05) is 13.3 Å². The molecule has 4 atom stereocenters. The highest BCUT2D eigenvalue weighted by Gasteiger charge is 2.46. The van der Waals surface area contributed by atoms with Crippen LogP contribution in [0.2, 0.25) is 0 Å². The minimum atomic E-state index is -4.71. The maximum Gasteiger partial charge on any atom is 0.469 e. The Morgan fingerprint density at radius 1 is 1.55 bits per heavy atom. The quantitative estimate of drug-likeness (QED) is 0.450. The zero-order chi connectivity index (χ0) is 16.5. The Kier molecular flexibility index (Phi) is 4.97. The summed E-state index contributed by atoms with van der Waals surface area (Å²) in [6, 6.07) is 1.36. The zero-order valence-corrected chi connectivity index (χ0v) is 12.4. The number of ether oxygens (including phenoxy) is 2. The Morgan fingerprint density at radius 2 is 2.23 bits per heavy atom. The van der Waals surface area contributed by atoms with Crippen LogP contribution in [0.3, 0.4) is 0 Å². The van der Waals surface area contributed by atoms with Crippen molar-refractivity contribution >= 4 is 13.6 Å². The average Bonchev–Trinajstić information content (AvgIpc) is 2.72. The van der Waals surface area contributed by atoms with Crippen LogP contribution in [0.1, 0.15) is 6.23 Å². The van der Waals surface area contributed by atoms with Gasteiger partial charge in [0.15, 0.2) is 6.23 Å². The van der Waals surface area contributed by atoms with Gasteiger partial charge in [-0.25, -0.2) is 9.36 Å². The molecule has 1 fully saturated rings. The number of nitrogens with zero attached hydrogens (tertiary/aromatic N) is 2. The smallest absolute Gasteiger partial charge is 0.387 e. The van der Waals surface area contributed by atoms with Crippen molar-refractivity contribution in [2.24, 2.45) is 0 Å². The van der Waals surface area contributed by atoms with Crippen LogP contribution in [-0.4, -0.2) is 56.5 Å². The van der Waals surface area contributed by atoms with Crippen LogP contribution in [0.25, 0.3) is 0 Å². The van der Waals surface area contributed by atoms with Gasteiger partial charge in [-0.2, -0.15) is 4.98 Å². The zero-order valence-electron chi connectivity index (χ0n) is 11.5. The Balaban J connectivity index is 2.21. The molecule has 1 aromatic rings. The first kappa shape index (κ1) is 17.0. The summed E-state index contributed by atoms with van der Waals surface area (Å²) in [5.74, 6) is 0.0233. The SMILES string of the molecule is COC1C(O)[C@@H](COP(=O)(O)O)O[C@H]1n1ccc(N)nc1=O. The van der Waals surface area contributed by atoms with Crippen molar-refractivity contribution < 1.29 is 33.5 Å². The third kappa shape index (κ3) is 3.70. The van der Waals surface area contributed by atoms with Crippen molar-refractivity contribution in [2.75, 3.05) is 19.5 Å². The van der Waals surface area contributed by atoms with Gasteiger partial charge in [-0.3, -0.25) is 9.09 Å². The molecule has 0 aliphatic carbocycles. The van der Waals surface area contributed by atoms with Crippen molar-refractivity contribution in [3.05, 3.63) is 22.7 Å². The third-order valence-electron chi connectivity index (χ3n) is 3.12. The van der Waals surface area contributed by atoms with Gasteiger partial charge >= 0.3 is 13.5 Å². The first-order valence-corrected chi connectivity index (χ1v) is 7.67. The second kappa shape index (κ2) is 6.42. The number of hydrogen-bond donors (Lipinski definition) is 4. The number of aliphatic hydroxyl groups is 1. The number of methoxy groups -OCH3 is 1. The normalized spacial score (nSPS) is 28.9. The summed E-state index contributed by atoms with van der Waals surface area (Å²) in [5, 5.41) is 10.1. The lowest BCUT2D eigenvalue weighted by Gasteiger charge is -2.20. The largest absolute Gasteiger partial charge is 0.469 e. The van der Waals surface area contributed by atoms with Crippen molar-refractivity contribution in [1.82, 2.24) is 9.55 Å². The minimum absolute atomic E-state index is 0.0233. The van der Waals surface area contributed by atoms with E-state index < -0.39 is 44.7 Å². The van der Waals surface area contributed by atoms with Gasteiger partial charge in [-0.15, -0.1) is 0 Å². The van der Waals surface area contributed by atoms with E-state index >= 15 is 0 Å². The van der Waals surface area contributed by atoms with Crippen LogP contribution in [0.15, 0.2) is 17.1 Å². The van der Waals surface area contributed by atoms with Crippen molar-refractivity contribution in [3.8, 4) is 0 Å². The number of aliphatic hydroxyl groups excluding tert-OH is 1. The molecule has 11 nitrogen and oxygen atoms in total. The summed E-state index contributed by atoms with van der Waals surface area (Å²) in [7, 11) is -3.41. The summed E-state index contributed by atoms with van der Waals surface area (Å²) < 4.78 is 26.6. The molecule has 0 saturated carbocycles. The number of phosphoric acid groups is 1. The molecule has 0 spiro atoms. The van der Waals surface area contributed by atoms with Crippen molar-refractivity contribution in [3.63, 3.8) is 0 Å². The van der Waals surface area contributed by atoms with E-state index in [1.54, 1.807) is 0 Å². The third-order valence-corrected chi connectivity index (χ3v) is 3.60. The number of hydrogen-bond acceptors (Lipinski definition) is 8. The summed E-state index contributed by atoms with van der Waals surface area (Å²) in [5.41, 5.74) is 4.68. The van der Waals surface area contributed by atoms with E-state index in [9.17, 15) is 14.5 Å². The van der Waals surface area contributed by atoms with E-state index in [0.717, 1.165) is 4.57 Å². The second-order valence-electron chi connectivity index (χ2n) is 4.58. The standard InChI is InChI=1S/C10H16N3O8P/c1-19-8-7(14)5(4-20-22(16,17)18)21-9(8)13-3-2-6(11)12-10(13)15/h2-3,5,7-9,14H,4H2,1H3,(H2,11,12,15)(H2,16,17,18)/t5-,7?,8?,9-/m1/s1. The predicted molar refractivity (Wildman–Crippen MR) is 71.6 cm³/mol. The van der Waals surface area contributed by atoms with Gasteiger partial charge in [0.25, 0.3) is 0 Å². The molecular formula is C10H16N3O8P. The Bertz CT molecular complexity index is 631. The van der Waals surface area contributed by atoms with Crippen LogP contribution in [-0.2, 0) is 18.6 Å². The Labute approximate surface area is 124 Å². The molecule has 2 heterocycles. The number of aromatic nitrogens is 2. The van der Waals surface area contributed by atoms with E-state index in [2.05, 4.69) is 9.51 Å². The number of phosphoric ester groups is 1. The van der Waals surface area contributed by atoms with Gasteiger partial charge in [0.2, 0.25) is 0 Å². The van der Waals surface area contributed by atoms with Gasteiger partial charge in [0.05, 0.1) is 6.61 Å². The number of nitrogen functional groups attached to an aromatic ring is 1. The lowest BCUT2D eigenvalue weighted by atomic mass is 10.1. The molecule has 1 aliphatic rings. The summed E-state index contributed by atoms with van der Waals surface area (Å²) in [4.78, 5) is 32.7. The summed E-state index contributed by atoms with van der Waals surface area (Å²) >= 11 is 0. The first-order chi connectivity index (χ1) is 10.2. The van der Waals surface area contributed by atoms with E-state index in [1.807, 2.05) is 0 Å². The van der Waals surface area contributed by atoms with E-state index in [1.165, 1.54) is 19.4 Å². The molecule has 2 unspecified atom stereocenters. The molecule has 0 amide bonds. The number of nitrogens with two attached hydrogens (primary N) is 1. The van der Waals surface area contributed by atoms with E-state index in [-0.39, 0.29) is 5.82 Å². The molecule has 0 aromatic carbocycles. The van der Waals surface area contributed by atoms with E-state index in [4.69, 9.17) is 25.0 Å². The molecule has 12 heteroatoms. The lowest BCUT2D eigenvalue weighted by molar-refractivity contribution is -0.0619. The summed E-state index contributed by atoms with van der Waals surface area (Å²) in [6.45, 7) is -0.570. The van der Waals surface area contributed by atoms with Crippen LogP contribution in [0, 0.1) is 0 Å². The lowest BCUT2D eigenvalue weighted by Crippen LogP contribution is -2.37. The molecule has 1 saturated heterocycles. The highest BCUT2D eigenvalue weighted by atomic mass is 31.2. The molecule has 124 valence electrons. The molecule has 1 aromatic heterocycles.